The van der Waals surface area contributed by atoms with E-state index in [0.29, 0.717) is 0 Å². The summed E-state index contributed by atoms with van der Waals surface area (Å²) in [5, 5.41) is 51.7. The molecular weight excluding hydrogens is 312 g/mol. The van der Waals surface area contributed by atoms with E-state index in [0.717, 1.165) is 0 Å². The molecule has 0 aliphatic heterocycles. The molecule has 0 bridgehead atoms. The molecule has 0 atom stereocenters. The molecule has 0 saturated carbocycles. The summed E-state index contributed by atoms with van der Waals surface area (Å²) in [6, 6.07) is 0. The second-order valence-corrected chi connectivity index (χ2v) is 3.05. The van der Waals surface area contributed by atoms with Gasteiger partial charge in [0.2, 0.25) is 0 Å². The molecule has 0 unspecified atom stereocenters. The van der Waals surface area contributed by atoms with Gasteiger partial charge in [-0.15, -0.1) is 0 Å². The van der Waals surface area contributed by atoms with E-state index in [1.807, 2.05) is 0 Å². The molecule has 0 aliphatic rings. The van der Waals surface area contributed by atoms with Gasteiger partial charge in [0, 0.05) is 0 Å². The minimum atomic E-state index is -2.74. The molecule has 11 nitrogen and oxygen atoms in total. The molecule has 0 amide bonds. The molecular formula is C8H8CaO11. The van der Waals surface area contributed by atoms with Crippen molar-refractivity contribution in [3.63, 3.8) is 0 Å². The van der Waals surface area contributed by atoms with E-state index >= 15 is 0 Å². The molecule has 4 N–H and O–H groups in total. The van der Waals surface area contributed by atoms with E-state index in [1.54, 1.807) is 0 Å². The van der Waals surface area contributed by atoms with E-state index in [1.165, 1.54) is 0 Å². The van der Waals surface area contributed by atoms with Gasteiger partial charge in [0.05, 0.1) is 24.8 Å². The third kappa shape index (κ3) is 11.6. The minimum absolute atomic E-state index is 0. The Kier molecular flexibility index (Phi) is 12.3. The SMILES string of the molecule is O=C(O)CC(O)(CC(=O)O)C(=O)O.O=C([O-])C(=O)[O-].[Ca+2]. The average Bonchev–Trinajstić information content (AvgIpc) is 2.14. The van der Waals surface area contributed by atoms with Crippen molar-refractivity contribution in [2.24, 2.45) is 0 Å². The smallest absolute Gasteiger partial charge is 0.543 e. The molecule has 0 aromatic carbocycles. The first-order chi connectivity index (χ1) is 8.42. The van der Waals surface area contributed by atoms with Crippen molar-refractivity contribution >= 4 is 67.6 Å². The Morgan fingerprint density at radius 2 is 1.05 bits per heavy atom. The monoisotopic (exact) mass is 320 g/mol. The van der Waals surface area contributed by atoms with Gasteiger partial charge in [-0.25, -0.2) is 4.79 Å². The fraction of sp³-hybridized carbons (Fsp3) is 0.375. The van der Waals surface area contributed by atoms with Gasteiger partial charge in [0.15, 0.2) is 5.60 Å². The molecule has 0 spiro atoms. The van der Waals surface area contributed by atoms with Gasteiger partial charge in [-0.2, -0.15) is 0 Å². The number of carboxylic acids is 5. The summed E-state index contributed by atoms with van der Waals surface area (Å²) in [5.41, 5.74) is -2.74. The zero-order chi connectivity index (χ0) is 15.8. The first kappa shape index (κ1) is 23.6. The number of hydrogen-bond donors (Lipinski definition) is 4. The van der Waals surface area contributed by atoms with E-state index in [2.05, 4.69) is 0 Å². The number of carboxylic acid groups (broad SMARTS) is 5. The second-order valence-electron chi connectivity index (χ2n) is 3.05. The number of rotatable bonds is 5. The number of carbonyl (C=O) groups is 5. The van der Waals surface area contributed by atoms with E-state index in [9.17, 15) is 14.4 Å². The molecule has 0 rings (SSSR count). The van der Waals surface area contributed by atoms with Crippen molar-refractivity contribution in [3.8, 4) is 0 Å². The Hall–Kier alpha value is -1.43. The summed E-state index contributed by atoms with van der Waals surface area (Å²) in [7, 11) is 0. The minimum Gasteiger partial charge on any atom is -0.543 e. The third-order valence-electron chi connectivity index (χ3n) is 1.45. The summed E-state index contributed by atoms with van der Waals surface area (Å²) in [6.45, 7) is 0. The van der Waals surface area contributed by atoms with Crippen LogP contribution in [0.5, 0.6) is 0 Å². The van der Waals surface area contributed by atoms with Crippen LogP contribution in [0.25, 0.3) is 0 Å². The normalized spacial score (nSPS) is 9.25. The molecule has 0 saturated heterocycles. The quantitative estimate of drug-likeness (QED) is 0.277. The average molecular weight is 320 g/mol. The summed E-state index contributed by atoms with van der Waals surface area (Å²) >= 11 is 0. The van der Waals surface area contributed by atoms with Crippen LogP contribution >= 0.6 is 0 Å². The Morgan fingerprint density at radius 3 is 1.15 bits per heavy atom. The third-order valence-corrected chi connectivity index (χ3v) is 1.45. The summed E-state index contributed by atoms with van der Waals surface area (Å²) in [5.74, 6) is -9.39. The number of carbonyl (C=O) groups excluding carboxylic acids is 2. The van der Waals surface area contributed by atoms with Gasteiger partial charge >= 0.3 is 55.6 Å². The topological polar surface area (TPSA) is 212 Å². The van der Waals surface area contributed by atoms with E-state index in [-0.39, 0.29) is 37.7 Å². The van der Waals surface area contributed by atoms with Crippen molar-refractivity contribution in [2.45, 2.75) is 18.4 Å². The van der Waals surface area contributed by atoms with Crippen LogP contribution in [0, 0.1) is 0 Å². The first-order valence-corrected chi connectivity index (χ1v) is 4.24. The fourth-order valence-electron chi connectivity index (χ4n) is 0.714. The van der Waals surface area contributed by atoms with Crippen LogP contribution in [0.3, 0.4) is 0 Å². The van der Waals surface area contributed by atoms with Crippen LogP contribution in [0.15, 0.2) is 0 Å². The van der Waals surface area contributed by atoms with Crippen molar-refractivity contribution < 1.29 is 54.6 Å². The van der Waals surface area contributed by atoms with Gasteiger partial charge < -0.3 is 40.2 Å². The van der Waals surface area contributed by atoms with Gasteiger partial charge in [-0.05, 0) is 0 Å². The van der Waals surface area contributed by atoms with Crippen molar-refractivity contribution in [2.75, 3.05) is 0 Å². The summed E-state index contributed by atoms with van der Waals surface area (Å²) < 4.78 is 0. The molecule has 0 fully saturated rings. The van der Waals surface area contributed by atoms with Crippen LogP contribution in [-0.2, 0) is 24.0 Å². The molecule has 0 aromatic heterocycles. The van der Waals surface area contributed by atoms with E-state index < -0.39 is 48.3 Å². The van der Waals surface area contributed by atoms with Gasteiger partial charge in [0.1, 0.15) is 0 Å². The molecule has 20 heavy (non-hydrogen) atoms. The maximum atomic E-state index is 10.3. The van der Waals surface area contributed by atoms with Crippen molar-refractivity contribution in [1.29, 1.82) is 0 Å². The molecule has 0 aliphatic carbocycles. The van der Waals surface area contributed by atoms with Crippen LogP contribution in [0.1, 0.15) is 12.8 Å². The predicted octanol–water partition coefficient (Wildman–Crippen LogP) is -5.14. The summed E-state index contributed by atoms with van der Waals surface area (Å²) in [4.78, 5) is 48.3. The predicted molar refractivity (Wildman–Crippen MR) is 52.9 cm³/mol. The Labute approximate surface area is 140 Å². The van der Waals surface area contributed by atoms with Crippen molar-refractivity contribution in [1.82, 2.24) is 0 Å². The second kappa shape index (κ2) is 10.4. The fourth-order valence-corrected chi connectivity index (χ4v) is 0.714. The van der Waals surface area contributed by atoms with Gasteiger partial charge in [-0.1, -0.05) is 0 Å². The standard InChI is InChI=1S/C6H8O7.C2H2O4.Ca/c7-3(8)1-6(13,5(11)12)2-4(9)10;3-1(4)2(5)6;/h13H,1-2H2,(H,7,8)(H,9,10)(H,11,12);(H,3,4)(H,5,6);/q;;+2/p-2. The molecule has 12 heteroatoms. The van der Waals surface area contributed by atoms with Crippen LogP contribution in [0.2, 0.25) is 0 Å². The number of hydrogen-bond acceptors (Lipinski definition) is 8. The van der Waals surface area contributed by atoms with Gasteiger partial charge in [-0.3, -0.25) is 9.59 Å². The largest absolute Gasteiger partial charge is 2.00 e. The molecule has 108 valence electrons. The van der Waals surface area contributed by atoms with Crippen LogP contribution < -0.4 is 10.2 Å². The zero-order valence-corrected chi connectivity index (χ0v) is 12.0. The molecule has 0 radical (unpaired) electrons. The maximum absolute atomic E-state index is 10.3. The Balaban J connectivity index is -0.000000352. The van der Waals surface area contributed by atoms with Crippen LogP contribution in [0.4, 0.5) is 0 Å². The van der Waals surface area contributed by atoms with E-state index in [4.69, 9.17) is 40.2 Å². The maximum Gasteiger partial charge on any atom is 2.00 e. The molecule has 0 heterocycles. The Bertz CT molecular complexity index is 373. The molecule has 0 aromatic rings. The zero-order valence-electron chi connectivity index (χ0n) is 9.77. The van der Waals surface area contributed by atoms with Crippen LogP contribution in [-0.4, -0.2) is 93.6 Å². The summed E-state index contributed by atoms with van der Waals surface area (Å²) in [6.07, 6.45) is -2.29. The number of aliphatic carboxylic acids is 5. The first-order valence-electron chi connectivity index (χ1n) is 4.24. The number of aliphatic hydroxyl groups is 1. The van der Waals surface area contributed by atoms with Gasteiger partial charge in [0.25, 0.3) is 0 Å². The Morgan fingerprint density at radius 1 is 0.800 bits per heavy atom. The van der Waals surface area contributed by atoms with Crippen molar-refractivity contribution in [3.05, 3.63) is 0 Å².